The number of rotatable bonds is 7. The highest BCUT2D eigenvalue weighted by Crippen LogP contribution is 2.11. The van der Waals surface area contributed by atoms with E-state index in [1.54, 1.807) is 26.3 Å². The Bertz CT molecular complexity index is 626. The van der Waals surface area contributed by atoms with Crippen LogP contribution in [0, 0.1) is 5.82 Å². The van der Waals surface area contributed by atoms with E-state index in [1.165, 1.54) is 6.07 Å². The fourth-order valence-corrected chi connectivity index (χ4v) is 2.23. The van der Waals surface area contributed by atoms with E-state index < -0.39 is 0 Å². The fraction of sp³-hybridized carbons (Fsp3) is 0.353. The molecule has 2 rings (SSSR count). The lowest BCUT2D eigenvalue weighted by Gasteiger charge is -2.13. The van der Waals surface area contributed by atoms with Crippen LogP contribution in [0.2, 0.25) is 0 Å². The van der Waals surface area contributed by atoms with Crippen LogP contribution >= 0.6 is 0 Å². The van der Waals surface area contributed by atoms with Crippen molar-refractivity contribution in [2.75, 3.05) is 20.7 Å². The molecule has 0 aliphatic rings. The molecule has 5 nitrogen and oxygen atoms in total. The van der Waals surface area contributed by atoms with E-state index in [0.717, 1.165) is 24.6 Å². The Morgan fingerprint density at radius 3 is 2.74 bits per heavy atom. The summed E-state index contributed by atoms with van der Waals surface area (Å²) in [7, 11) is 3.28. The van der Waals surface area contributed by atoms with Gasteiger partial charge in [-0.15, -0.1) is 0 Å². The first-order valence-electron chi connectivity index (χ1n) is 7.54. The van der Waals surface area contributed by atoms with Crippen LogP contribution in [0.3, 0.4) is 0 Å². The topological polar surface area (TPSA) is 50.6 Å². The normalized spacial score (nSPS) is 11.5. The van der Waals surface area contributed by atoms with E-state index >= 15 is 0 Å². The Balaban J connectivity index is 1.82. The highest BCUT2D eigenvalue weighted by Gasteiger charge is 2.04. The number of aromatic nitrogens is 1. The van der Waals surface area contributed by atoms with Crippen molar-refractivity contribution in [3.63, 3.8) is 0 Å². The molecule has 1 heterocycles. The van der Waals surface area contributed by atoms with Gasteiger partial charge in [0.15, 0.2) is 5.96 Å². The molecule has 2 aromatic rings. The van der Waals surface area contributed by atoms with E-state index in [4.69, 9.17) is 4.74 Å². The number of benzene rings is 1. The van der Waals surface area contributed by atoms with Gasteiger partial charge in [0.1, 0.15) is 5.82 Å². The van der Waals surface area contributed by atoms with Gasteiger partial charge in [0, 0.05) is 51.7 Å². The van der Waals surface area contributed by atoms with Crippen LogP contribution in [0.1, 0.15) is 11.1 Å². The second kappa shape index (κ2) is 8.95. The first-order valence-corrected chi connectivity index (χ1v) is 7.54. The maximum absolute atomic E-state index is 13.6. The zero-order valence-electron chi connectivity index (χ0n) is 13.6. The zero-order valence-corrected chi connectivity index (χ0v) is 13.6. The maximum Gasteiger partial charge on any atom is 0.191 e. The summed E-state index contributed by atoms with van der Waals surface area (Å²) >= 11 is 0. The molecule has 1 aromatic carbocycles. The Kier molecular flexibility index (Phi) is 6.62. The van der Waals surface area contributed by atoms with Gasteiger partial charge in [0.25, 0.3) is 0 Å². The minimum Gasteiger partial charge on any atom is -0.380 e. The summed E-state index contributed by atoms with van der Waals surface area (Å²) in [5.41, 5.74) is 1.54. The van der Waals surface area contributed by atoms with Crippen molar-refractivity contribution in [1.82, 2.24) is 15.2 Å². The summed E-state index contributed by atoms with van der Waals surface area (Å²) < 4.78 is 20.7. The molecule has 0 spiro atoms. The van der Waals surface area contributed by atoms with Crippen LogP contribution in [0.25, 0.3) is 0 Å². The molecule has 0 saturated carbocycles. The highest BCUT2D eigenvalue weighted by atomic mass is 19.1. The van der Waals surface area contributed by atoms with Crippen molar-refractivity contribution in [1.29, 1.82) is 0 Å². The number of aliphatic imine (C=N–C) groups is 1. The molecule has 0 fully saturated rings. The van der Waals surface area contributed by atoms with Gasteiger partial charge in [0.2, 0.25) is 0 Å². The number of nitrogens with zero attached hydrogens (tertiary/aromatic N) is 2. The lowest BCUT2D eigenvalue weighted by molar-refractivity contribution is 0.181. The molecular weight excluding hydrogens is 295 g/mol. The van der Waals surface area contributed by atoms with Crippen LogP contribution in [-0.4, -0.2) is 31.2 Å². The van der Waals surface area contributed by atoms with Crippen molar-refractivity contribution in [3.8, 4) is 0 Å². The molecular formula is C17H23FN4O. The molecule has 1 aromatic heterocycles. The molecule has 0 aliphatic carbocycles. The second-order valence-corrected chi connectivity index (χ2v) is 5.13. The number of nitrogens with one attached hydrogen (secondary N) is 2. The van der Waals surface area contributed by atoms with Gasteiger partial charge in [0.05, 0.1) is 6.61 Å². The first-order chi connectivity index (χ1) is 11.2. The molecule has 2 N–H and O–H groups in total. The molecule has 23 heavy (non-hydrogen) atoms. The van der Waals surface area contributed by atoms with Gasteiger partial charge in [-0.2, -0.15) is 0 Å². The Morgan fingerprint density at radius 1 is 1.26 bits per heavy atom. The maximum atomic E-state index is 13.6. The third-order valence-corrected chi connectivity index (χ3v) is 3.42. The highest BCUT2D eigenvalue weighted by molar-refractivity contribution is 5.79. The SMILES string of the molecule is CN=C(NCCn1cccc1)NCc1ccc(F)c(COC)c1. The summed E-state index contributed by atoms with van der Waals surface area (Å²) in [6.45, 7) is 2.47. The van der Waals surface area contributed by atoms with Crippen molar-refractivity contribution in [3.05, 3.63) is 59.7 Å². The number of hydrogen-bond acceptors (Lipinski definition) is 2. The Labute approximate surface area is 136 Å². The van der Waals surface area contributed by atoms with Gasteiger partial charge in [-0.25, -0.2) is 4.39 Å². The number of guanidine groups is 1. The second-order valence-electron chi connectivity index (χ2n) is 5.13. The summed E-state index contributed by atoms with van der Waals surface area (Å²) in [6.07, 6.45) is 4.04. The monoisotopic (exact) mass is 318 g/mol. The van der Waals surface area contributed by atoms with Gasteiger partial charge < -0.3 is 19.9 Å². The van der Waals surface area contributed by atoms with E-state index in [-0.39, 0.29) is 12.4 Å². The van der Waals surface area contributed by atoms with Crippen molar-refractivity contribution >= 4 is 5.96 Å². The molecule has 0 amide bonds. The summed E-state index contributed by atoms with van der Waals surface area (Å²) in [5, 5.41) is 6.47. The predicted molar refractivity (Wildman–Crippen MR) is 89.7 cm³/mol. The lowest BCUT2D eigenvalue weighted by atomic mass is 10.1. The van der Waals surface area contributed by atoms with Crippen molar-refractivity contribution in [2.24, 2.45) is 4.99 Å². The third kappa shape index (κ3) is 5.41. The molecule has 0 atom stereocenters. The fourth-order valence-electron chi connectivity index (χ4n) is 2.23. The van der Waals surface area contributed by atoms with Crippen LogP contribution in [0.5, 0.6) is 0 Å². The molecule has 0 unspecified atom stereocenters. The van der Waals surface area contributed by atoms with Gasteiger partial charge in [-0.05, 0) is 29.8 Å². The molecule has 0 aliphatic heterocycles. The summed E-state index contributed by atoms with van der Waals surface area (Å²) in [4.78, 5) is 4.18. The quantitative estimate of drug-likeness (QED) is 0.607. The van der Waals surface area contributed by atoms with E-state index in [1.807, 2.05) is 24.5 Å². The van der Waals surface area contributed by atoms with Crippen LogP contribution in [-0.2, 0) is 24.4 Å². The average Bonchev–Trinajstić information content (AvgIpc) is 3.07. The molecule has 0 saturated heterocycles. The standard InChI is InChI=1S/C17H23FN4O/c1-19-17(20-7-10-22-8-3-4-9-22)21-12-14-5-6-16(18)15(11-14)13-23-2/h3-6,8-9,11H,7,10,12-13H2,1-2H3,(H2,19,20,21). The predicted octanol–water partition coefficient (Wildman–Crippen LogP) is 2.14. The van der Waals surface area contributed by atoms with E-state index in [9.17, 15) is 4.39 Å². The minimum atomic E-state index is -0.246. The first kappa shape index (κ1) is 17.0. The number of hydrogen-bond donors (Lipinski definition) is 2. The Morgan fingerprint density at radius 2 is 2.04 bits per heavy atom. The summed E-state index contributed by atoms with van der Waals surface area (Å²) in [5.74, 6) is 0.472. The third-order valence-electron chi connectivity index (χ3n) is 3.42. The molecule has 6 heteroatoms. The molecule has 0 bridgehead atoms. The lowest BCUT2D eigenvalue weighted by Crippen LogP contribution is -2.38. The van der Waals surface area contributed by atoms with Crippen LogP contribution < -0.4 is 10.6 Å². The number of methoxy groups -OCH3 is 1. The zero-order chi connectivity index (χ0) is 16.5. The number of halogens is 1. The minimum absolute atomic E-state index is 0.246. The smallest absolute Gasteiger partial charge is 0.191 e. The van der Waals surface area contributed by atoms with E-state index in [0.29, 0.717) is 12.1 Å². The van der Waals surface area contributed by atoms with E-state index in [2.05, 4.69) is 20.2 Å². The average molecular weight is 318 g/mol. The van der Waals surface area contributed by atoms with Crippen LogP contribution in [0.15, 0.2) is 47.7 Å². The Hall–Kier alpha value is -2.34. The van der Waals surface area contributed by atoms with Crippen molar-refractivity contribution < 1.29 is 9.13 Å². The largest absolute Gasteiger partial charge is 0.380 e. The number of ether oxygens (including phenoxy) is 1. The van der Waals surface area contributed by atoms with Gasteiger partial charge in [-0.1, -0.05) is 6.07 Å². The van der Waals surface area contributed by atoms with Crippen LogP contribution in [0.4, 0.5) is 4.39 Å². The summed E-state index contributed by atoms with van der Waals surface area (Å²) in [6, 6.07) is 9.03. The van der Waals surface area contributed by atoms with Crippen molar-refractivity contribution in [2.45, 2.75) is 19.7 Å². The molecule has 124 valence electrons. The molecule has 0 radical (unpaired) electrons. The van der Waals surface area contributed by atoms with Gasteiger partial charge in [-0.3, -0.25) is 4.99 Å². The van der Waals surface area contributed by atoms with Gasteiger partial charge >= 0.3 is 0 Å².